The number of aliphatic hydroxyl groups is 1. The van der Waals surface area contributed by atoms with Gasteiger partial charge in [0, 0.05) is 26.2 Å². The van der Waals surface area contributed by atoms with Crippen molar-refractivity contribution in [1.82, 2.24) is 15.1 Å². The molecular formula is C14H24N4O3. The number of carbonyl (C=O) groups is 2. The van der Waals surface area contributed by atoms with Gasteiger partial charge in [-0.05, 0) is 31.6 Å². The Labute approximate surface area is 124 Å². The lowest BCUT2D eigenvalue weighted by molar-refractivity contribution is -0.140. The summed E-state index contributed by atoms with van der Waals surface area (Å²) in [5.74, 6) is -0.0377. The van der Waals surface area contributed by atoms with Crippen molar-refractivity contribution in [1.29, 1.82) is 5.41 Å². The number of rotatable bonds is 5. The van der Waals surface area contributed by atoms with E-state index in [1.807, 2.05) is 4.90 Å². The number of hydrogen-bond acceptors (Lipinski definition) is 4. The summed E-state index contributed by atoms with van der Waals surface area (Å²) < 4.78 is 0. The molecule has 7 nitrogen and oxygen atoms in total. The van der Waals surface area contributed by atoms with E-state index in [9.17, 15) is 9.59 Å². The zero-order valence-corrected chi connectivity index (χ0v) is 12.3. The average Bonchev–Trinajstić information content (AvgIpc) is 3.02. The summed E-state index contributed by atoms with van der Waals surface area (Å²) in [6, 6.07) is -0.425. The van der Waals surface area contributed by atoms with Gasteiger partial charge in [-0.3, -0.25) is 15.0 Å². The van der Waals surface area contributed by atoms with Crippen molar-refractivity contribution in [3.63, 3.8) is 0 Å². The third kappa shape index (κ3) is 3.93. The molecule has 0 spiro atoms. The molecule has 21 heavy (non-hydrogen) atoms. The van der Waals surface area contributed by atoms with Crippen LogP contribution in [0.25, 0.3) is 0 Å². The second kappa shape index (κ2) is 7.40. The Morgan fingerprint density at radius 3 is 2.57 bits per heavy atom. The lowest BCUT2D eigenvalue weighted by atomic mass is 9.97. The number of likely N-dealkylation sites (tertiary alicyclic amines) is 2. The predicted octanol–water partition coefficient (Wildman–Crippen LogP) is -0.595. The third-order valence-corrected chi connectivity index (χ3v) is 4.41. The molecule has 0 aromatic heterocycles. The van der Waals surface area contributed by atoms with Crippen LogP contribution in [-0.4, -0.2) is 71.9 Å². The second-order valence-electron chi connectivity index (χ2n) is 5.76. The van der Waals surface area contributed by atoms with Crippen LogP contribution in [0.1, 0.15) is 25.7 Å². The molecule has 2 rings (SSSR count). The number of carbonyl (C=O) groups excluding carboxylic acids is 2. The summed E-state index contributed by atoms with van der Waals surface area (Å²) in [6.45, 7) is 2.37. The Hall–Kier alpha value is -1.63. The summed E-state index contributed by atoms with van der Waals surface area (Å²) in [5, 5.41) is 19.1. The molecule has 0 aromatic rings. The number of amides is 2. The van der Waals surface area contributed by atoms with E-state index in [4.69, 9.17) is 10.5 Å². The molecule has 2 heterocycles. The van der Waals surface area contributed by atoms with E-state index in [-0.39, 0.29) is 11.8 Å². The van der Waals surface area contributed by atoms with Crippen molar-refractivity contribution < 1.29 is 14.7 Å². The summed E-state index contributed by atoms with van der Waals surface area (Å²) in [6.07, 6.45) is 4.79. The predicted molar refractivity (Wildman–Crippen MR) is 77.9 cm³/mol. The number of aliphatic hydroxyl groups excluding tert-OH is 1. The van der Waals surface area contributed by atoms with Crippen LogP contribution in [0, 0.1) is 11.3 Å². The molecule has 2 saturated heterocycles. The standard InChI is InChI=1S/C14H24N4O3/c15-10-17-6-3-11(4-7-17)8-16-14(21)12-2-1-5-18(12)13(20)9-19/h10-12,15,19H,1-9H2,(H,16,21). The zero-order chi connectivity index (χ0) is 15.2. The summed E-state index contributed by atoms with van der Waals surface area (Å²) in [4.78, 5) is 27.2. The maximum absolute atomic E-state index is 12.2. The van der Waals surface area contributed by atoms with Gasteiger partial charge in [0.15, 0.2) is 0 Å². The number of hydrogen-bond donors (Lipinski definition) is 3. The minimum atomic E-state index is -0.536. The fourth-order valence-electron chi connectivity index (χ4n) is 3.08. The molecule has 118 valence electrons. The third-order valence-electron chi connectivity index (χ3n) is 4.41. The lowest BCUT2D eigenvalue weighted by Crippen LogP contribution is -2.48. The molecule has 3 N–H and O–H groups in total. The van der Waals surface area contributed by atoms with Crippen molar-refractivity contribution >= 4 is 18.2 Å². The van der Waals surface area contributed by atoms with Gasteiger partial charge >= 0.3 is 0 Å². The molecule has 0 saturated carbocycles. The number of nitrogens with one attached hydrogen (secondary N) is 2. The first-order chi connectivity index (χ1) is 10.2. The fraction of sp³-hybridized carbons (Fsp3) is 0.786. The zero-order valence-electron chi connectivity index (χ0n) is 12.3. The summed E-state index contributed by atoms with van der Waals surface area (Å²) >= 11 is 0. The first-order valence-corrected chi connectivity index (χ1v) is 7.58. The van der Waals surface area contributed by atoms with Crippen molar-refractivity contribution in [2.24, 2.45) is 5.92 Å². The number of piperidine rings is 1. The van der Waals surface area contributed by atoms with Crippen molar-refractivity contribution in [2.45, 2.75) is 31.7 Å². The van der Waals surface area contributed by atoms with E-state index in [0.717, 1.165) is 32.4 Å². The SMILES string of the molecule is N=CN1CCC(CNC(=O)C2CCCN2C(=O)CO)CC1. The molecule has 0 aromatic carbocycles. The molecule has 2 fully saturated rings. The van der Waals surface area contributed by atoms with Gasteiger partial charge in [-0.1, -0.05) is 0 Å². The highest BCUT2D eigenvalue weighted by Gasteiger charge is 2.33. The molecule has 1 atom stereocenters. The maximum Gasteiger partial charge on any atom is 0.248 e. The first kappa shape index (κ1) is 15.8. The van der Waals surface area contributed by atoms with Crippen LogP contribution < -0.4 is 5.32 Å². The minimum absolute atomic E-state index is 0.108. The monoisotopic (exact) mass is 296 g/mol. The van der Waals surface area contributed by atoms with Gasteiger partial charge in [0.05, 0.1) is 6.34 Å². The highest BCUT2D eigenvalue weighted by Crippen LogP contribution is 2.19. The van der Waals surface area contributed by atoms with Gasteiger partial charge in [-0.25, -0.2) is 0 Å². The Kier molecular flexibility index (Phi) is 5.55. The van der Waals surface area contributed by atoms with Gasteiger partial charge in [-0.15, -0.1) is 0 Å². The normalized spacial score (nSPS) is 23.2. The van der Waals surface area contributed by atoms with Crippen LogP contribution in [0.5, 0.6) is 0 Å². The van der Waals surface area contributed by atoms with Crippen molar-refractivity contribution in [2.75, 3.05) is 32.8 Å². The van der Waals surface area contributed by atoms with E-state index in [1.165, 1.54) is 11.2 Å². The van der Waals surface area contributed by atoms with Crippen LogP contribution in [0.4, 0.5) is 0 Å². The minimum Gasteiger partial charge on any atom is -0.387 e. The molecule has 0 aliphatic carbocycles. The second-order valence-corrected chi connectivity index (χ2v) is 5.76. The molecule has 2 amide bonds. The first-order valence-electron chi connectivity index (χ1n) is 7.58. The fourth-order valence-corrected chi connectivity index (χ4v) is 3.08. The Balaban J connectivity index is 1.76. The molecule has 0 bridgehead atoms. The molecule has 2 aliphatic heterocycles. The lowest BCUT2D eigenvalue weighted by Gasteiger charge is -2.31. The van der Waals surface area contributed by atoms with Crippen LogP contribution >= 0.6 is 0 Å². The van der Waals surface area contributed by atoms with Crippen LogP contribution in [-0.2, 0) is 9.59 Å². The molecule has 1 unspecified atom stereocenters. The van der Waals surface area contributed by atoms with Crippen LogP contribution in [0.2, 0.25) is 0 Å². The Bertz CT molecular complexity index is 394. The van der Waals surface area contributed by atoms with E-state index in [0.29, 0.717) is 25.4 Å². The topological polar surface area (TPSA) is 96.7 Å². The van der Waals surface area contributed by atoms with Gasteiger partial charge in [0.25, 0.3) is 0 Å². The van der Waals surface area contributed by atoms with Crippen molar-refractivity contribution in [3.8, 4) is 0 Å². The largest absolute Gasteiger partial charge is 0.387 e. The average molecular weight is 296 g/mol. The Morgan fingerprint density at radius 2 is 1.95 bits per heavy atom. The highest BCUT2D eigenvalue weighted by molar-refractivity contribution is 5.88. The Morgan fingerprint density at radius 1 is 1.24 bits per heavy atom. The van der Waals surface area contributed by atoms with Crippen LogP contribution in [0.15, 0.2) is 0 Å². The maximum atomic E-state index is 12.2. The van der Waals surface area contributed by atoms with E-state index >= 15 is 0 Å². The smallest absolute Gasteiger partial charge is 0.248 e. The highest BCUT2D eigenvalue weighted by atomic mass is 16.3. The van der Waals surface area contributed by atoms with Gasteiger partial charge in [0.2, 0.25) is 11.8 Å². The molecular weight excluding hydrogens is 272 g/mol. The van der Waals surface area contributed by atoms with E-state index in [1.54, 1.807) is 0 Å². The molecule has 2 aliphatic rings. The van der Waals surface area contributed by atoms with Gasteiger partial charge in [-0.2, -0.15) is 0 Å². The number of nitrogens with zero attached hydrogens (tertiary/aromatic N) is 2. The van der Waals surface area contributed by atoms with Crippen LogP contribution in [0.3, 0.4) is 0 Å². The van der Waals surface area contributed by atoms with E-state index in [2.05, 4.69) is 5.32 Å². The van der Waals surface area contributed by atoms with E-state index < -0.39 is 12.6 Å². The molecule has 7 heteroatoms. The quantitative estimate of drug-likeness (QED) is 0.466. The molecule has 0 radical (unpaired) electrons. The van der Waals surface area contributed by atoms with Crippen molar-refractivity contribution in [3.05, 3.63) is 0 Å². The summed E-state index contributed by atoms with van der Waals surface area (Å²) in [5.41, 5.74) is 0. The summed E-state index contributed by atoms with van der Waals surface area (Å²) in [7, 11) is 0. The van der Waals surface area contributed by atoms with Gasteiger partial charge in [0.1, 0.15) is 12.6 Å². The van der Waals surface area contributed by atoms with Gasteiger partial charge < -0.3 is 20.2 Å².